The maximum absolute atomic E-state index is 13.1. The van der Waals surface area contributed by atoms with Crippen LogP contribution in [0.1, 0.15) is 11.6 Å². The summed E-state index contributed by atoms with van der Waals surface area (Å²) in [5.74, 6) is -1.71. The van der Waals surface area contributed by atoms with E-state index in [1.165, 1.54) is 7.11 Å². The van der Waals surface area contributed by atoms with Crippen molar-refractivity contribution in [1.82, 2.24) is 0 Å². The molecule has 0 aliphatic rings. The number of benzene rings is 1. The van der Waals surface area contributed by atoms with Gasteiger partial charge in [-0.3, -0.25) is 0 Å². The SMILES string of the molecule is COc1c(F)cc(F)cc1[C@@H](N)CO. The molecule has 0 fully saturated rings. The summed E-state index contributed by atoms with van der Waals surface area (Å²) < 4.78 is 30.6. The van der Waals surface area contributed by atoms with Crippen LogP contribution < -0.4 is 10.5 Å². The second-order valence-electron chi connectivity index (χ2n) is 2.80. The summed E-state index contributed by atoms with van der Waals surface area (Å²) >= 11 is 0. The predicted molar refractivity (Wildman–Crippen MR) is 46.9 cm³/mol. The molecular formula is C9H11F2NO2. The quantitative estimate of drug-likeness (QED) is 0.769. The number of ether oxygens (including phenoxy) is 1. The molecule has 0 heterocycles. The second-order valence-corrected chi connectivity index (χ2v) is 2.80. The Balaban J connectivity index is 3.24. The lowest BCUT2D eigenvalue weighted by molar-refractivity contribution is 0.263. The van der Waals surface area contributed by atoms with Crippen LogP contribution in [0.25, 0.3) is 0 Å². The standard InChI is InChI=1S/C9H11F2NO2/c1-14-9-6(8(12)4-13)2-5(10)3-7(9)11/h2-3,8,13H,4,12H2,1H3/t8-/m0/s1. The van der Waals surface area contributed by atoms with E-state index in [-0.39, 0.29) is 11.3 Å². The molecule has 3 N–H and O–H groups in total. The van der Waals surface area contributed by atoms with Crippen LogP contribution in [-0.2, 0) is 0 Å². The molecule has 1 rings (SSSR count). The largest absolute Gasteiger partial charge is 0.493 e. The van der Waals surface area contributed by atoms with E-state index in [0.717, 1.165) is 6.07 Å². The molecule has 14 heavy (non-hydrogen) atoms. The van der Waals surface area contributed by atoms with Crippen molar-refractivity contribution in [3.63, 3.8) is 0 Å². The summed E-state index contributed by atoms with van der Waals surface area (Å²) in [6.45, 7) is -0.404. The molecule has 0 aromatic heterocycles. The van der Waals surface area contributed by atoms with Crippen LogP contribution in [0.4, 0.5) is 8.78 Å². The van der Waals surface area contributed by atoms with Gasteiger partial charge in [0, 0.05) is 11.6 Å². The fourth-order valence-corrected chi connectivity index (χ4v) is 1.17. The molecule has 5 heteroatoms. The van der Waals surface area contributed by atoms with Crippen molar-refractivity contribution >= 4 is 0 Å². The monoisotopic (exact) mass is 203 g/mol. The Kier molecular flexibility index (Phi) is 3.38. The van der Waals surface area contributed by atoms with Crippen LogP contribution in [0.15, 0.2) is 12.1 Å². The van der Waals surface area contributed by atoms with Gasteiger partial charge in [0.05, 0.1) is 19.8 Å². The smallest absolute Gasteiger partial charge is 0.168 e. The Morgan fingerprint density at radius 2 is 2.14 bits per heavy atom. The Morgan fingerprint density at radius 1 is 1.50 bits per heavy atom. The van der Waals surface area contributed by atoms with Crippen molar-refractivity contribution in [3.8, 4) is 5.75 Å². The Bertz CT molecular complexity index is 331. The van der Waals surface area contributed by atoms with Gasteiger partial charge >= 0.3 is 0 Å². The number of rotatable bonds is 3. The van der Waals surface area contributed by atoms with Crippen molar-refractivity contribution in [2.24, 2.45) is 5.73 Å². The predicted octanol–water partition coefficient (Wildman–Crippen LogP) is 0.965. The van der Waals surface area contributed by atoms with E-state index < -0.39 is 24.3 Å². The summed E-state index contributed by atoms with van der Waals surface area (Å²) in [6, 6.07) is 0.894. The zero-order chi connectivity index (χ0) is 10.7. The van der Waals surface area contributed by atoms with E-state index >= 15 is 0 Å². The topological polar surface area (TPSA) is 55.5 Å². The molecular weight excluding hydrogens is 192 g/mol. The summed E-state index contributed by atoms with van der Waals surface area (Å²) in [4.78, 5) is 0. The van der Waals surface area contributed by atoms with E-state index in [0.29, 0.717) is 6.07 Å². The normalized spacial score (nSPS) is 12.6. The van der Waals surface area contributed by atoms with Gasteiger partial charge in [-0.15, -0.1) is 0 Å². The third-order valence-corrected chi connectivity index (χ3v) is 1.84. The first kappa shape index (κ1) is 10.9. The van der Waals surface area contributed by atoms with Gasteiger partial charge in [0.15, 0.2) is 11.6 Å². The first-order valence-electron chi connectivity index (χ1n) is 3.99. The maximum atomic E-state index is 13.1. The molecule has 0 radical (unpaired) electrons. The lowest BCUT2D eigenvalue weighted by Gasteiger charge is -2.13. The van der Waals surface area contributed by atoms with Crippen molar-refractivity contribution in [3.05, 3.63) is 29.3 Å². The fraction of sp³-hybridized carbons (Fsp3) is 0.333. The van der Waals surface area contributed by atoms with Crippen molar-refractivity contribution in [1.29, 1.82) is 0 Å². The van der Waals surface area contributed by atoms with Crippen LogP contribution in [0.3, 0.4) is 0 Å². The molecule has 0 spiro atoms. The summed E-state index contributed by atoms with van der Waals surface area (Å²) in [6.07, 6.45) is 0. The van der Waals surface area contributed by atoms with E-state index in [9.17, 15) is 8.78 Å². The molecule has 0 unspecified atom stereocenters. The van der Waals surface area contributed by atoms with Gasteiger partial charge in [-0.25, -0.2) is 8.78 Å². The van der Waals surface area contributed by atoms with Crippen LogP contribution in [0.2, 0.25) is 0 Å². The number of methoxy groups -OCH3 is 1. The second kappa shape index (κ2) is 4.34. The minimum Gasteiger partial charge on any atom is -0.493 e. The van der Waals surface area contributed by atoms with Crippen LogP contribution in [-0.4, -0.2) is 18.8 Å². The third kappa shape index (κ3) is 2.00. The number of hydrogen-bond donors (Lipinski definition) is 2. The molecule has 3 nitrogen and oxygen atoms in total. The van der Waals surface area contributed by atoms with Gasteiger partial charge < -0.3 is 15.6 Å². The van der Waals surface area contributed by atoms with E-state index in [2.05, 4.69) is 0 Å². The molecule has 0 aliphatic heterocycles. The van der Waals surface area contributed by atoms with Crippen LogP contribution >= 0.6 is 0 Å². The molecule has 1 aromatic carbocycles. The lowest BCUT2D eigenvalue weighted by Crippen LogP contribution is -2.16. The van der Waals surface area contributed by atoms with Gasteiger partial charge in [0.25, 0.3) is 0 Å². The van der Waals surface area contributed by atoms with Crippen molar-refractivity contribution in [2.45, 2.75) is 6.04 Å². The molecule has 0 aliphatic carbocycles. The van der Waals surface area contributed by atoms with Gasteiger partial charge in [-0.2, -0.15) is 0 Å². The average Bonchev–Trinajstić information content (AvgIpc) is 2.15. The van der Waals surface area contributed by atoms with E-state index in [1.54, 1.807) is 0 Å². The highest BCUT2D eigenvalue weighted by Crippen LogP contribution is 2.27. The highest BCUT2D eigenvalue weighted by atomic mass is 19.1. The van der Waals surface area contributed by atoms with Gasteiger partial charge in [0.2, 0.25) is 0 Å². The van der Waals surface area contributed by atoms with Gasteiger partial charge in [-0.05, 0) is 6.07 Å². The number of halogens is 2. The van der Waals surface area contributed by atoms with E-state index in [1.807, 2.05) is 0 Å². The number of nitrogens with two attached hydrogens (primary N) is 1. The Labute approximate surface area is 80.1 Å². The van der Waals surface area contributed by atoms with Crippen LogP contribution in [0, 0.1) is 11.6 Å². The maximum Gasteiger partial charge on any atom is 0.168 e. The zero-order valence-corrected chi connectivity index (χ0v) is 7.63. The summed E-state index contributed by atoms with van der Waals surface area (Å²) in [7, 11) is 1.25. The van der Waals surface area contributed by atoms with Crippen molar-refractivity contribution < 1.29 is 18.6 Å². The van der Waals surface area contributed by atoms with Crippen LogP contribution in [0.5, 0.6) is 5.75 Å². The highest BCUT2D eigenvalue weighted by molar-refractivity contribution is 5.37. The lowest BCUT2D eigenvalue weighted by atomic mass is 10.1. The molecule has 0 saturated heterocycles. The van der Waals surface area contributed by atoms with Gasteiger partial charge in [-0.1, -0.05) is 0 Å². The Hall–Kier alpha value is -1.20. The molecule has 78 valence electrons. The van der Waals surface area contributed by atoms with Gasteiger partial charge in [0.1, 0.15) is 5.82 Å². The van der Waals surface area contributed by atoms with E-state index in [4.69, 9.17) is 15.6 Å². The summed E-state index contributed by atoms with van der Waals surface area (Å²) in [5.41, 5.74) is 5.56. The molecule has 1 atom stereocenters. The molecule has 0 amide bonds. The number of aliphatic hydroxyl groups is 1. The number of aliphatic hydroxyl groups excluding tert-OH is 1. The average molecular weight is 203 g/mol. The minimum atomic E-state index is -0.852. The summed E-state index contributed by atoms with van der Waals surface area (Å²) in [5, 5.41) is 8.76. The molecule has 0 saturated carbocycles. The van der Waals surface area contributed by atoms with Crippen molar-refractivity contribution in [2.75, 3.05) is 13.7 Å². The first-order chi connectivity index (χ1) is 6.60. The number of hydrogen-bond acceptors (Lipinski definition) is 3. The highest BCUT2D eigenvalue weighted by Gasteiger charge is 2.16. The molecule has 0 bridgehead atoms. The minimum absolute atomic E-state index is 0.118. The molecule has 1 aromatic rings. The fourth-order valence-electron chi connectivity index (χ4n) is 1.17. The third-order valence-electron chi connectivity index (χ3n) is 1.84. The zero-order valence-electron chi connectivity index (χ0n) is 7.63. The Morgan fingerprint density at radius 3 is 2.64 bits per heavy atom. The first-order valence-corrected chi connectivity index (χ1v) is 3.99.